The van der Waals surface area contributed by atoms with E-state index in [-0.39, 0.29) is 12.2 Å². The van der Waals surface area contributed by atoms with Gasteiger partial charge in [-0.15, -0.1) is 0 Å². The Morgan fingerprint density at radius 1 is 1.33 bits per heavy atom. The molecule has 4 heteroatoms. The Kier molecular flexibility index (Phi) is 3.67. The summed E-state index contributed by atoms with van der Waals surface area (Å²) in [6, 6.07) is 5.55. The van der Waals surface area contributed by atoms with Crippen LogP contribution in [0.1, 0.15) is 21.6 Å². The number of carbonyl (C=O) groups is 1. The predicted molar refractivity (Wildman–Crippen MR) is 67.8 cm³/mol. The van der Waals surface area contributed by atoms with E-state index in [1.807, 2.05) is 19.1 Å². The van der Waals surface area contributed by atoms with E-state index in [2.05, 4.69) is 9.97 Å². The van der Waals surface area contributed by atoms with E-state index < -0.39 is 0 Å². The number of hydrogen-bond acceptors (Lipinski definition) is 4. The van der Waals surface area contributed by atoms with Gasteiger partial charge in [-0.2, -0.15) is 0 Å². The lowest BCUT2D eigenvalue weighted by molar-refractivity contribution is 0.0989. The molecule has 0 fully saturated rings. The van der Waals surface area contributed by atoms with Crippen LogP contribution in [-0.4, -0.2) is 22.9 Å². The fourth-order valence-corrected chi connectivity index (χ4v) is 1.72. The van der Waals surface area contributed by atoms with E-state index >= 15 is 0 Å². The second kappa shape index (κ2) is 5.40. The summed E-state index contributed by atoms with van der Waals surface area (Å²) in [6.45, 7) is 1.94. The van der Waals surface area contributed by atoms with Crippen molar-refractivity contribution in [2.45, 2.75) is 13.3 Å². The van der Waals surface area contributed by atoms with E-state index in [1.165, 1.54) is 0 Å². The van der Waals surface area contributed by atoms with Crippen molar-refractivity contribution in [3.63, 3.8) is 0 Å². The molecule has 0 N–H and O–H groups in total. The molecule has 0 aliphatic heterocycles. The second-order valence-electron chi connectivity index (χ2n) is 4.00. The molecule has 2 aromatic rings. The summed E-state index contributed by atoms with van der Waals surface area (Å²) in [5.74, 6) is 0.575. The zero-order chi connectivity index (χ0) is 13.0. The zero-order valence-corrected chi connectivity index (χ0v) is 10.4. The number of Topliss-reactive ketones (excluding diaryl/α,β-unsaturated/α-hetero) is 1. The third kappa shape index (κ3) is 2.71. The number of carbonyl (C=O) groups excluding carboxylic acids is 1. The summed E-state index contributed by atoms with van der Waals surface area (Å²) < 4.78 is 5.20. The van der Waals surface area contributed by atoms with Gasteiger partial charge in [-0.1, -0.05) is 11.6 Å². The second-order valence-corrected chi connectivity index (χ2v) is 4.00. The van der Waals surface area contributed by atoms with Crippen LogP contribution in [0.4, 0.5) is 0 Å². The lowest BCUT2D eigenvalue weighted by Crippen LogP contribution is -2.07. The SMILES string of the molecule is COc1ccc(C)cc1C(=O)Cc1cnccn1. The number of aryl methyl sites for hydroxylation is 1. The molecule has 0 aliphatic carbocycles. The Morgan fingerprint density at radius 3 is 2.83 bits per heavy atom. The fourth-order valence-electron chi connectivity index (χ4n) is 1.72. The van der Waals surface area contributed by atoms with Gasteiger partial charge in [0, 0.05) is 18.6 Å². The van der Waals surface area contributed by atoms with Gasteiger partial charge in [-0.25, -0.2) is 0 Å². The number of aromatic nitrogens is 2. The van der Waals surface area contributed by atoms with Crippen molar-refractivity contribution < 1.29 is 9.53 Å². The number of benzene rings is 1. The molecule has 0 saturated heterocycles. The first kappa shape index (κ1) is 12.2. The van der Waals surface area contributed by atoms with E-state index in [1.54, 1.807) is 31.8 Å². The molecule has 0 amide bonds. The predicted octanol–water partition coefficient (Wildman–Crippen LogP) is 2.22. The Labute approximate surface area is 106 Å². The maximum Gasteiger partial charge on any atom is 0.172 e. The molecular weight excluding hydrogens is 228 g/mol. The molecule has 0 radical (unpaired) electrons. The van der Waals surface area contributed by atoms with E-state index in [9.17, 15) is 4.79 Å². The molecule has 0 spiro atoms. The molecule has 1 aromatic heterocycles. The normalized spacial score (nSPS) is 10.1. The summed E-state index contributed by atoms with van der Waals surface area (Å²) in [6.07, 6.45) is 4.99. The minimum absolute atomic E-state index is 0.0175. The molecule has 0 atom stereocenters. The van der Waals surface area contributed by atoms with Crippen molar-refractivity contribution >= 4 is 5.78 Å². The average molecular weight is 242 g/mol. The molecule has 4 nitrogen and oxygen atoms in total. The number of methoxy groups -OCH3 is 1. The van der Waals surface area contributed by atoms with Gasteiger partial charge in [-0.3, -0.25) is 14.8 Å². The van der Waals surface area contributed by atoms with Gasteiger partial charge in [-0.05, 0) is 19.1 Å². The summed E-state index contributed by atoms with van der Waals surface area (Å²) in [4.78, 5) is 20.2. The third-order valence-corrected chi connectivity index (χ3v) is 2.61. The Balaban J connectivity index is 2.26. The molecule has 0 bridgehead atoms. The molecule has 92 valence electrons. The van der Waals surface area contributed by atoms with E-state index in [4.69, 9.17) is 4.74 Å². The third-order valence-electron chi connectivity index (χ3n) is 2.61. The van der Waals surface area contributed by atoms with Crippen LogP contribution >= 0.6 is 0 Å². The summed E-state index contributed by atoms with van der Waals surface area (Å²) in [7, 11) is 1.56. The highest BCUT2D eigenvalue weighted by molar-refractivity contribution is 5.99. The molecule has 0 aliphatic rings. The van der Waals surface area contributed by atoms with Crippen LogP contribution in [-0.2, 0) is 6.42 Å². The Morgan fingerprint density at radius 2 is 2.17 bits per heavy atom. The summed E-state index contributed by atoms with van der Waals surface area (Å²) in [5.41, 5.74) is 2.27. The number of hydrogen-bond donors (Lipinski definition) is 0. The molecule has 18 heavy (non-hydrogen) atoms. The van der Waals surface area contributed by atoms with Crippen molar-refractivity contribution in [1.82, 2.24) is 9.97 Å². The van der Waals surface area contributed by atoms with E-state index in [0.29, 0.717) is 17.0 Å². The molecule has 2 rings (SSSR count). The van der Waals surface area contributed by atoms with Gasteiger partial charge in [0.25, 0.3) is 0 Å². The first-order valence-electron chi connectivity index (χ1n) is 5.63. The molecule has 0 saturated carbocycles. The fraction of sp³-hybridized carbons (Fsp3) is 0.214. The standard InChI is InChI=1S/C14H14N2O2/c1-10-3-4-14(18-2)12(7-10)13(17)8-11-9-15-5-6-16-11/h3-7,9H,8H2,1-2H3. The van der Waals surface area contributed by atoms with Gasteiger partial charge in [0.05, 0.1) is 24.8 Å². The lowest BCUT2D eigenvalue weighted by atomic mass is 10.0. The van der Waals surface area contributed by atoms with Crippen LogP contribution < -0.4 is 4.74 Å². The zero-order valence-electron chi connectivity index (χ0n) is 10.4. The number of nitrogens with zero attached hydrogens (tertiary/aromatic N) is 2. The minimum atomic E-state index is -0.0175. The number of rotatable bonds is 4. The highest BCUT2D eigenvalue weighted by Gasteiger charge is 2.13. The summed E-state index contributed by atoms with van der Waals surface area (Å²) in [5, 5.41) is 0. The van der Waals surface area contributed by atoms with Gasteiger partial charge < -0.3 is 4.74 Å². The first-order valence-corrected chi connectivity index (χ1v) is 5.63. The Hall–Kier alpha value is -2.23. The highest BCUT2D eigenvalue weighted by atomic mass is 16.5. The topological polar surface area (TPSA) is 52.1 Å². The average Bonchev–Trinajstić information content (AvgIpc) is 2.40. The van der Waals surface area contributed by atoms with Crippen LogP contribution in [0.25, 0.3) is 0 Å². The molecular formula is C14H14N2O2. The number of ether oxygens (including phenoxy) is 1. The van der Waals surface area contributed by atoms with Gasteiger partial charge in [0.1, 0.15) is 5.75 Å². The molecule has 1 heterocycles. The van der Waals surface area contributed by atoms with Crippen molar-refractivity contribution in [3.8, 4) is 5.75 Å². The first-order chi connectivity index (χ1) is 8.70. The van der Waals surface area contributed by atoms with Crippen LogP contribution in [0, 0.1) is 6.92 Å². The van der Waals surface area contributed by atoms with Crippen molar-refractivity contribution in [2.24, 2.45) is 0 Å². The van der Waals surface area contributed by atoms with Crippen LogP contribution in [0.15, 0.2) is 36.8 Å². The van der Waals surface area contributed by atoms with Crippen LogP contribution in [0.2, 0.25) is 0 Å². The molecule has 1 aromatic carbocycles. The maximum atomic E-state index is 12.2. The van der Waals surface area contributed by atoms with Crippen molar-refractivity contribution in [2.75, 3.05) is 7.11 Å². The van der Waals surface area contributed by atoms with Crippen LogP contribution in [0.5, 0.6) is 5.75 Å². The summed E-state index contributed by atoms with van der Waals surface area (Å²) >= 11 is 0. The minimum Gasteiger partial charge on any atom is -0.496 e. The Bertz CT molecular complexity index is 553. The monoisotopic (exact) mass is 242 g/mol. The van der Waals surface area contributed by atoms with Crippen LogP contribution in [0.3, 0.4) is 0 Å². The van der Waals surface area contributed by atoms with Gasteiger partial charge in [0.2, 0.25) is 0 Å². The highest BCUT2D eigenvalue weighted by Crippen LogP contribution is 2.21. The maximum absolute atomic E-state index is 12.2. The van der Waals surface area contributed by atoms with Gasteiger partial charge in [0.15, 0.2) is 5.78 Å². The van der Waals surface area contributed by atoms with Crippen molar-refractivity contribution in [1.29, 1.82) is 0 Å². The molecule has 0 unspecified atom stereocenters. The van der Waals surface area contributed by atoms with Gasteiger partial charge >= 0.3 is 0 Å². The number of ketones is 1. The largest absolute Gasteiger partial charge is 0.496 e. The quantitative estimate of drug-likeness (QED) is 0.771. The lowest BCUT2D eigenvalue weighted by Gasteiger charge is -2.08. The van der Waals surface area contributed by atoms with Crippen molar-refractivity contribution in [3.05, 3.63) is 53.6 Å². The van der Waals surface area contributed by atoms with E-state index in [0.717, 1.165) is 5.56 Å². The smallest absolute Gasteiger partial charge is 0.172 e.